The number of rotatable bonds is 12. The zero-order chi connectivity index (χ0) is 19.4. The minimum Gasteiger partial charge on any atom is -0.298 e. The summed E-state index contributed by atoms with van der Waals surface area (Å²) in [4.78, 5) is 26.1. The lowest BCUT2D eigenvalue weighted by Gasteiger charge is -2.16. The summed E-state index contributed by atoms with van der Waals surface area (Å²) in [6.07, 6.45) is 4.65. The van der Waals surface area contributed by atoms with Gasteiger partial charge in [0.15, 0.2) is 21.4 Å². The van der Waals surface area contributed by atoms with Gasteiger partial charge in [-0.1, -0.05) is 29.4 Å². The Morgan fingerprint density at radius 3 is 2.54 bits per heavy atom. The van der Waals surface area contributed by atoms with Crippen LogP contribution in [0.2, 0.25) is 0 Å². The first-order valence-electron chi connectivity index (χ1n) is 8.39. The fraction of sp³-hybridized carbons (Fsp3) is 0.444. The molecule has 1 unspecified atom stereocenters. The fourth-order valence-electron chi connectivity index (χ4n) is 2.46. The normalized spacial score (nSPS) is 12.5. The highest BCUT2D eigenvalue weighted by molar-refractivity contribution is 7.92. The first-order valence-corrected chi connectivity index (χ1v) is 9.94. The molecule has 1 aromatic carbocycles. The Hall–Kier alpha value is -2.44. The third-order valence-electron chi connectivity index (χ3n) is 3.74. The van der Waals surface area contributed by atoms with Gasteiger partial charge in [0.1, 0.15) is 5.25 Å². The smallest absolute Gasteiger partial charge is 0.188 e. The van der Waals surface area contributed by atoms with Crippen LogP contribution in [0.15, 0.2) is 52.5 Å². The first-order chi connectivity index (χ1) is 12.4. The summed E-state index contributed by atoms with van der Waals surface area (Å²) in [5.41, 5.74) is 8.33. The van der Waals surface area contributed by atoms with Gasteiger partial charge < -0.3 is 0 Å². The summed E-state index contributed by atoms with van der Waals surface area (Å²) in [6.45, 7) is 1.58. The van der Waals surface area contributed by atoms with Gasteiger partial charge in [-0.05, 0) is 56.3 Å². The maximum absolute atomic E-state index is 12.8. The molecule has 1 rings (SSSR count). The van der Waals surface area contributed by atoms with Crippen LogP contribution in [0.4, 0.5) is 0 Å². The molecule has 140 valence electrons. The summed E-state index contributed by atoms with van der Waals surface area (Å²) in [6, 6.07) is 7.87. The largest absolute Gasteiger partial charge is 0.298 e. The molecule has 0 aromatic heterocycles. The Morgan fingerprint density at radius 2 is 1.92 bits per heavy atom. The summed E-state index contributed by atoms with van der Waals surface area (Å²) in [5.74, 6) is -0.426. The van der Waals surface area contributed by atoms with Gasteiger partial charge in [-0.15, -0.1) is 0 Å². The summed E-state index contributed by atoms with van der Waals surface area (Å²) in [5, 5.41) is 2.24. The average Bonchev–Trinajstić information content (AvgIpc) is 2.61. The van der Waals surface area contributed by atoms with Gasteiger partial charge in [0.25, 0.3) is 0 Å². The molecule has 1 aromatic rings. The quantitative estimate of drug-likeness (QED) is 0.181. The number of sulfone groups is 1. The number of allylic oxidation sites excluding steroid dienone is 2. The van der Waals surface area contributed by atoms with Crippen LogP contribution >= 0.6 is 0 Å². The molecule has 8 heteroatoms. The van der Waals surface area contributed by atoms with Crippen molar-refractivity contribution in [2.24, 2.45) is 5.11 Å². The molecule has 0 fully saturated rings. The monoisotopic (exact) mass is 377 g/mol. The van der Waals surface area contributed by atoms with Gasteiger partial charge in [-0.25, -0.2) is 8.42 Å². The molecular weight excluding hydrogens is 354 g/mol. The molecular formula is C18H23N3O4S. The number of Topliss-reactive ketones (excluding diaryl/α,β-unsaturated/α-hetero) is 1. The lowest BCUT2D eigenvalue weighted by Crippen LogP contribution is -2.30. The zero-order valence-corrected chi connectivity index (χ0v) is 15.6. The number of hydrogen-bond donors (Lipinski definition) is 0. The number of hydrogen-bond acceptors (Lipinski definition) is 5. The molecule has 0 N–H and O–H groups in total. The van der Waals surface area contributed by atoms with E-state index in [0.29, 0.717) is 19.3 Å². The minimum absolute atomic E-state index is 0.0705. The third kappa shape index (κ3) is 7.21. The maximum atomic E-state index is 12.8. The van der Waals surface area contributed by atoms with E-state index in [9.17, 15) is 18.0 Å². The van der Waals surface area contributed by atoms with Crippen molar-refractivity contribution in [2.75, 3.05) is 6.54 Å². The Labute approximate surface area is 153 Å². The highest BCUT2D eigenvalue weighted by atomic mass is 32.2. The summed E-state index contributed by atoms with van der Waals surface area (Å²) < 4.78 is 25.7. The second-order valence-electron chi connectivity index (χ2n) is 5.81. The molecule has 0 amide bonds. The number of ketones is 2. The van der Waals surface area contributed by atoms with Gasteiger partial charge in [-0.3, -0.25) is 9.59 Å². The predicted octanol–water partition coefficient (Wildman–Crippen LogP) is 3.80. The van der Waals surface area contributed by atoms with Crippen molar-refractivity contribution >= 4 is 21.4 Å². The standard InChI is InChI=1S/C18H23N3O4S/c1-15(22)9-4-2-7-12-17(23)18(13-8-14-20-21-19)26(24,25)16-10-5-3-6-11-16/h3-6,9-11,18H,2,7-8,12-14H2,1H3/b9-4+. The maximum Gasteiger partial charge on any atom is 0.188 e. The van der Waals surface area contributed by atoms with Crippen LogP contribution in [-0.4, -0.2) is 31.8 Å². The van der Waals surface area contributed by atoms with Crippen molar-refractivity contribution in [3.05, 3.63) is 52.9 Å². The Kier molecular flexibility index (Phi) is 9.33. The van der Waals surface area contributed by atoms with Crippen molar-refractivity contribution in [1.82, 2.24) is 0 Å². The van der Waals surface area contributed by atoms with E-state index < -0.39 is 15.1 Å². The average molecular weight is 377 g/mol. The molecule has 0 bridgehead atoms. The molecule has 26 heavy (non-hydrogen) atoms. The van der Waals surface area contributed by atoms with Crippen LogP contribution in [0.1, 0.15) is 39.0 Å². The van der Waals surface area contributed by atoms with E-state index in [4.69, 9.17) is 5.53 Å². The molecule has 1 atom stereocenters. The highest BCUT2D eigenvalue weighted by Crippen LogP contribution is 2.22. The number of carbonyl (C=O) groups excluding carboxylic acids is 2. The van der Waals surface area contributed by atoms with E-state index in [0.717, 1.165) is 0 Å². The molecule has 0 aliphatic rings. The topological polar surface area (TPSA) is 117 Å². The van der Waals surface area contributed by atoms with E-state index in [1.165, 1.54) is 25.1 Å². The third-order valence-corrected chi connectivity index (χ3v) is 5.92. The molecule has 0 aliphatic heterocycles. The number of nitrogens with zero attached hydrogens (tertiary/aromatic N) is 3. The van der Waals surface area contributed by atoms with E-state index in [-0.39, 0.29) is 35.8 Å². The Bertz CT molecular complexity index is 782. The minimum atomic E-state index is -3.80. The van der Waals surface area contributed by atoms with Gasteiger partial charge in [-0.2, -0.15) is 0 Å². The van der Waals surface area contributed by atoms with E-state index in [1.807, 2.05) is 0 Å². The van der Waals surface area contributed by atoms with Crippen molar-refractivity contribution in [3.8, 4) is 0 Å². The summed E-state index contributed by atoms with van der Waals surface area (Å²) in [7, 11) is -3.80. The fourth-order valence-corrected chi connectivity index (χ4v) is 4.27. The van der Waals surface area contributed by atoms with E-state index in [1.54, 1.807) is 24.3 Å². The highest BCUT2D eigenvalue weighted by Gasteiger charge is 2.32. The van der Waals surface area contributed by atoms with Gasteiger partial charge in [0, 0.05) is 17.9 Å². The first kappa shape index (κ1) is 21.6. The lowest BCUT2D eigenvalue weighted by atomic mass is 10.1. The molecule has 0 aliphatic carbocycles. The van der Waals surface area contributed by atoms with Crippen molar-refractivity contribution in [2.45, 2.75) is 49.2 Å². The molecule has 0 radical (unpaired) electrons. The van der Waals surface area contributed by atoms with E-state index >= 15 is 0 Å². The SMILES string of the molecule is CC(=O)/C=C/CCCC(=O)C(CCCN=[N+]=[N-])S(=O)(=O)c1ccccc1. The molecule has 0 heterocycles. The summed E-state index contributed by atoms with van der Waals surface area (Å²) >= 11 is 0. The lowest BCUT2D eigenvalue weighted by molar-refractivity contribution is -0.119. The van der Waals surface area contributed by atoms with Crippen molar-refractivity contribution in [3.63, 3.8) is 0 Å². The van der Waals surface area contributed by atoms with Crippen LogP contribution in [0.5, 0.6) is 0 Å². The Balaban J connectivity index is 2.85. The van der Waals surface area contributed by atoms with Crippen molar-refractivity contribution < 1.29 is 18.0 Å². The van der Waals surface area contributed by atoms with Gasteiger partial charge >= 0.3 is 0 Å². The van der Waals surface area contributed by atoms with Gasteiger partial charge in [0.05, 0.1) is 4.90 Å². The van der Waals surface area contributed by atoms with Crippen LogP contribution in [0.3, 0.4) is 0 Å². The van der Waals surface area contributed by atoms with Crippen LogP contribution in [-0.2, 0) is 19.4 Å². The second-order valence-corrected chi connectivity index (χ2v) is 7.95. The molecule has 0 saturated heterocycles. The second kappa shape index (κ2) is 11.2. The number of azide groups is 1. The molecule has 0 spiro atoms. The van der Waals surface area contributed by atoms with Crippen LogP contribution in [0, 0.1) is 0 Å². The molecule has 0 saturated carbocycles. The molecule has 7 nitrogen and oxygen atoms in total. The predicted molar refractivity (Wildman–Crippen MR) is 99.3 cm³/mol. The van der Waals surface area contributed by atoms with Crippen LogP contribution < -0.4 is 0 Å². The zero-order valence-electron chi connectivity index (χ0n) is 14.7. The van der Waals surface area contributed by atoms with Crippen LogP contribution in [0.25, 0.3) is 10.4 Å². The number of unbranched alkanes of at least 4 members (excludes halogenated alkanes) is 1. The van der Waals surface area contributed by atoms with E-state index in [2.05, 4.69) is 10.0 Å². The number of benzene rings is 1. The van der Waals surface area contributed by atoms with Gasteiger partial charge in [0.2, 0.25) is 0 Å². The number of carbonyl (C=O) groups is 2. The Morgan fingerprint density at radius 1 is 1.23 bits per heavy atom. The van der Waals surface area contributed by atoms with Crippen molar-refractivity contribution in [1.29, 1.82) is 0 Å².